The van der Waals surface area contributed by atoms with Crippen LogP contribution in [0, 0.1) is 6.92 Å². The third-order valence-electron chi connectivity index (χ3n) is 8.70. The minimum Gasteiger partial charge on any atom is -0.493 e. The molecule has 4 heterocycles. The standard InChI is InChI=1S/C39H39N3O5/c1-24-35(37(38(43)44-5)47-39(2,3)4)36-28-16-17-33-30(22-28)25(18-20-46-33)11-8-9-19-45-32-15-7-6-14-29(32)26-12-10-13-27(21-26)31-23-34(40-24)42(36)41-31/h6-10,12-17,21-23,25,37H,11,18-20H2,1-5H3/b9-8-/t25?,37-/m0/s1. The fourth-order valence-corrected chi connectivity index (χ4v) is 6.55. The van der Waals surface area contributed by atoms with Gasteiger partial charge >= 0.3 is 5.97 Å². The van der Waals surface area contributed by atoms with Crippen LogP contribution in [-0.2, 0) is 14.3 Å². The number of aromatic nitrogens is 3. The molecular weight excluding hydrogens is 590 g/mol. The number of carbonyl (C=O) groups excluding carboxylic acids is 1. The number of esters is 1. The molecular formula is C39H39N3O5. The molecule has 2 aliphatic heterocycles. The monoisotopic (exact) mass is 629 g/mol. The average molecular weight is 630 g/mol. The number of carbonyl (C=O) groups is 1. The average Bonchev–Trinajstić information content (AvgIpc) is 3.49. The van der Waals surface area contributed by atoms with Gasteiger partial charge < -0.3 is 18.9 Å². The number of allylic oxidation sites excluding steroid dienone is 1. The summed E-state index contributed by atoms with van der Waals surface area (Å²) < 4.78 is 26.0. The Morgan fingerprint density at radius 3 is 2.60 bits per heavy atom. The van der Waals surface area contributed by atoms with Crippen molar-refractivity contribution >= 4 is 11.6 Å². The van der Waals surface area contributed by atoms with Gasteiger partial charge in [0.25, 0.3) is 0 Å². The molecule has 0 radical (unpaired) electrons. The molecule has 0 saturated carbocycles. The SMILES string of the molecule is COC(=O)[C@@H](OC(C)(C)C)c1c(C)nc2cc3nn2c1-c1ccc2c(c1)C(C/C=C\COc1ccccc1-c1cccc-3c1)CCO2. The van der Waals surface area contributed by atoms with E-state index < -0.39 is 17.7 Å². The summed E-state index contributed by atoms with van der Waals surface area (Å²) in [7, 11) is 1.38. The molecule has 47 heavy (non-hydrogen) atoms. The van der Waals surface area contributed by atoms with Gasteiger partial charge in [0, 0.05) is 34.0 Å². The fraction of sp³-hybridized carbons (Fsp3) is 0.308. The van der Waals surface area contributed by atoms with Crippen molar-refractivity contribution in [3.63, 3.8) is 0 Å². The minimum absolute atomic E-state index is 0.248. The summed E-state index contributed by atoms with van der Waals surface area (Å²) in [5.74, 6) is 1.45. The van der Waals surface area contributed by atoms with Crippen molar-refractivity contribution < 1.29 is 23.7 Å². The normalized spacial score (nSPS) is 17.1. The molecule has 2 atom stereocenters. The molecule has 8 nitrogen and oxygen atoms in total. The highest BCUT2D eigenvalue weighted by atomic mass is 16.6. The zero-order chi connectivity index (χ0) is 32.7. The lowest BCUT2D eigenvalue weighted by Gasteiger charge is -2.29. The Kier molecular flexibility index (Phi) is 8.06. The van der Waals surface area contributed by atoms with Gasteiger partial charge in [-0.1, -0.05) is 48.6 Å². The van der Waals surface area contributed by atoms with Crippen molar-refractivity contribution in [1.29, 1.82) is 0 Å². The first-order valence-corrected chi connectivity index (χ1v) is 16.1. The van der Waals surface area contributed by atoms with Crippen LogP contribution in [-0.4, -0.2) is 46.5 Å². The van der Waals surface area contributed by atoms with Crippen molar-refractivity contribution in [2.45, 2.75) is 58.2 Å². The number of methoxy groups -OCH3 is 1. The first-order chi connectivity index (χ1) is 22.7. The number of benzene rings is 3. The number of ether oxygens (including phenoxy) is 4. The lowest BCUT2D eigenvalue weighted by Crippen LogP contribution is -2.30. The molecule has 7 rings (SSSR count). The third kappa shape index (κ3) is 6.01. The summed E-state index contributed by atoms with van der Waals surface area (Å²) in [6.07, 6.45) is 5.00. The maximum Gasteiger partial charge on any atom is 0.339 e. The summed E-state index contributed by atoms with van der Waals surface area (Å²) in [4.78, 5) is 18.4. The lowest BCUT2D eigenvalue weighted by molar-refractivity contribution is -0.164. The van der Waals surface area contributed by atoms with Crippen molar-refractivity contribution in [1.82, 2.24) is 14.6 Å². The first kappa shape index (κ1) is 30.7. The molecule has 8 heteroatoms. The summed E-state index contributed by atoms with van der Waals surface area (Å²) in [5, 5.41) is 5.15. The zero-order valence-corrected chi connectivity index (χ0v) is 27.4. The topological polar surface area (TPSA) is 84.2 Å². The second-order valence-electron chi connectivity index (χ2n) is 13.1. The molecule has 0 saturated heterocycles. The minimum atomic E-state index is -1.02. The first-order valence-electron chi connectivity index (χ1n) is 16.1. The van der Waals surface area contributed by atoms with E-state index in [1.54, 1.807) is 0 Å². The number of nitrogens with zero attached hydrogens (tertiary/aromatic N) is 3. The van der Waals surface area contributed by atoms with Gasteiger partial charge in [0.15, 0.2) is 11.8 Å². The van der Waals surface area contributed by atoms with Crippen molar-refractivity contribution in [3.8, 4) is 45.1 Å². The number of hydrogen-bond donors (Lipinski definition) is 0. The lowest BCUT2D eigenvalue weighted by atomic mass is 9.87. The number of rotatable bonds is 3. The van der Waals surface area contributed by atoms with Gasteiger partial charge in [0.1, 0.15) is 18.1 Å². The van der Waals surface area contributed by atoms with Crippen LogP contribution in [0.3, 0.4) is 0 Å². The maximum absolute atomic E-state index is 13.5. The molecule has 0 aliphatic carbocycles. The van der Waals surface area contributed by atoms with Crippen LogP contribution < -0.4 is 9.47 Å². The largest absolute Gasteiger partial charge is 0.493 e. The Morgan fingerprint density at radius 1 is 0.936 bits per heavy atom. The van der Waals surface area contributed by atoms with Crippen LogP contribution in [0.4, 0.5) is 0 Å². The molecule has 0 fully saturated rings. The van der Waals surface area contributed by atoms with E-state index in [9.17, 15) is 4.79 Å². The highest BCUT2D eigenvalue weighted by molar-refractivity contribution is 5.83. The van der Waals surface area contributed by atoms with Crippen molar-refractivity contribution in [2.75, 3.05) is 20.3 Å². The van der Waals surface area contributed by atoms with E-state index in [0.29, 0.717) is 30.1 Å². The molecule has 6 bridgehead atoms. The predicted molar refractivity (Wildman–Crippen MR) is 182 cm³/mol. The van der Waals surface area contributed by atoms with Gasteiger partial charge in [-0.25, -0.2) is 14.3 Å². The van der Waals surface area contributed by atoms with Gasteiger partial charge in [-0.05, 0) is 87.9 Å². The summed E-state index contributed by atoms with van der Waals surface area (Å²) in [6, 6.07) is 24.6. The van der Waals surface area contributed by atoms with Crippen LogP contribution >= 0.6 is 0 Å². The zero-order valence-electron chi connectivity index (χ0n) is 27.4. The van der Waals surface area contributed by atoms with Crippen LogP contribution in [0.2, 0.25) is 0 Å². The molecule has 0 amide bonds. The number of para-hydroxylation sites is 1. The summed E-state index contributed by atoms with van der Waals surface area (Å²) in [6.45, 7) is 8.81. The third-order valence-corrected chi connectivity index (χ3v) is 8.70. The number of fused-ring (bicyclic) bond motifs is 8. The van der Waals surface area contributed by atoms with Crippen LogP contribution in [0.5, 0.6) is 11.5 Å². The van der Waals surface area contributed by atoms with Gasteiger partial charge in [-0.3, -0.25) is 0 Å². The van der Waals surface area contributed by atoms with E-state index in [4.69, 9.17) is 29.0 Å². The smallest absolute Gasteiger partial charge is 0.339 e. The highest BCUT2D eigenvalue weighted by Crippen LogP contribution is 2.42. The van der Waals surface area contributed by atoms with Crippen LogP contribution in [0.25, 0.3) is 39.3 Å². The summed E-state index contributed by atoms with van der Waals surface area (Å²) >= 11 is 0. The van der Waals surface area contributed by atoms with Crippen LogP contribution in [0.1, 0.15) is 62.5 Å². The Balaban J connectivity index is 1.52. The molecule has 240 valence electrons. The number of aryl methyl sites for hydroxylation is 1. The van der Waals surface area contributed by atoms with E-state index in [-0.39, 0.29) is 5.92 Å². The van der Waals surface area contributed by atoms with Crippen molar-refractivity contribution in [2.24, 2.45) is 0 Å². The van der Waals surface area contributed by atoms with Gasteiger partial charge in [0.05, 0.1) is 30.7 Å². The Bertz CT molecular complexity index is 2000. The molecule has 0 spiro atoms. The van der Waals surface area contributed by atoms with Gasteiger partial charge in [-0.2, -0.15) is 5.10 Å². The van der Waals surface area contributed by atoms with Gasteiger partial charge in [0.2, 0.25) is 0 Å². The maximum atomic E-state index is 13.5. The molecule has 5 aromatic rings. The molecule has 1 unspecified atom stereocenters. The van der Waals surface area contributed by atoms with E-state index in [1.807, 2.05) is 80.7 Å². The Morgan fingerprint density at radius 2 is 1.77 bits per heavy atom. The molecule has 2 aliphatic rings. The van der Waals surface area contributed by atoms with E-state index in [1.165, 1.54) is 7.11 Å². The Labute approximate surface area is 275 Å². The van der Waals surface area contributed by atoms with E-state index >= 15 is 0 Å². The predicted octanol–water partition coefficient (Wildman–Crippen LogP) is 8.27. The highest BCUT2D eigenvalue weighted by Gasteiger charge is 2.34. The van der Waals surface area contributed by atoms with E-state index in [0.717, 1.165) is 63.5 Å². The molecule has 0 N–H and O–H groups in total. The van der Waals surface area contributed by atoms with E-state index in [2.05, 4.69) is 36.4 Å². The quantitative estimate of drug-likeness (QED) is 0.147. The van der Waals surface area contributed by atoms with Crippen molar-refractivity contribution in [3.05, 3.63) is 102 Å². The molecule has 3 aromatic carbocycles. The fourth-order valence-electron chi connectivity index (χ4n) is 6.55. The second-order valence-corrected chi connectivity index (χ2v) is 13.1. The molecule has 2 aromatic heterocycles. The van der Waals surface area contributed by atoms with Crippen LogP contribution in [0.15, 0.2) is 84.9 Å². The number of hydrogen-bond acceptors (Lipinski definition) is 7. The second kappa shape index (κ2) is 12.3. The van der Waals surface area contributed by atoms with Gasteiger partial charge in [-0.15, -0.1) is 0 Å². The Hall–Kier alpha value is -4.95. The summed E-state index contributed by atoms with van der Waals surface area (Å²) in [5.41, 5.74) is 7.77.